The lowest BCUT2D eigenvalue weighted by Gasteiger charge is -2.30. The number of hydrogen-bond donors (Lipinski definition) is 1. The number of nitrogens with zero attached hydrogens (tertiary/aromatic N) is 2. The minimum atomic E-state index is -0.325. The summed E-state index contributed by atoms with van der Waals surface area (Å²) < 4.78 is 12.3. The van der Waals surface area contributed by atoms with Crippen LogP contribution in [0.2, 0.25) is 0 Å². The summed E-state index contributed by atoms with van der Waals surface area (Å²) in [5.74, 6) is 0.517. The molecule has 0 radical (unpaired) electrons. The van der Waals surface area contributed by atoms with E-state index < -0.39 is 0 Å². The molecule has 2 aromatic rings. The molecule has 1 aliphatic rings. The zero-order valence-corrected chi connectivity index (χ0v) is 17.3. The number of hydrogen-bond acceptors (Lipinski definition) is 5. The van der Waals surface area contributed by atoms with Gasteiger partial charge in [0.2, 0.25) is 5.43 Å². The van der Waals surface area contributed by atoms with Gasteiger partial charge in [-0.05, 0) is 30.7 Å². The quantitative estimate of drug-likeness (QED) is 0.635. The zero-order valence-electron chi connectivity index (χ0n) is 17.3. The molecule has 1 N–H and O–H groups in total. The van der Waals surface area contributed by atoms with Crippen LogP contribution < -0.4 is 20.2 Å². The first kappa shape index (κ1) is 21.4. The van der Waals surface area contributed by atoms with E-state index >= 15 is 0 Å². The Labute approximate surface area is 175 Å². The molecule has 0 spiro atoms. The van der Waals surface area contributed by atoms with Gasteiger partial charge in [-0.3, -0.25) is 14.4 Å². The van der Waals surface area contributed by atoms with E-state index in [1.807, 2.05) is 0 Å². The third-order valence-corrected chi connectivity index (χ3v) is 4.98. The third kappa shape index (κ3) is 5.00. The van der Waals surface area contributed by atoms with E-state index in [0.29, 0.717) is 44.0 Å². The van der Waals surface area contributed by atoms with Gasteiger partial charge < -0.3 is 24.3 Å². The van der Waals surface area contributed by atoms with Crippen molar-refractivity contribution in [1.29, 1.82) is 0 Å². The van der Waals surface area contributed by atoms with Gasteiger partial charge in [-0.2, -0.15) is 0 Å². The van der Waals surface area contributed by atoms with Crippen molar-refractivity contribution in [2.45, 2.75) is 26.3 Å². The highest BCUT2D eigenvalue weighted by atomic mass is 16.5. The van der Waals surface area contributed by atoms with Crippen molar-refractivity contribution >= 4 is 11.8 Å². The van der Waals surface area contributed by atoms with Gasteiger partial charge in [0, 0.05) is 37.8 Å². The molecular weight excluding hydrogens is 386 g/mol. The van der Waals surface area contributed by atoms with Gasteiger partial charge in [-0.1, -0.05) is 13.3 Å². The number of pyridine rings is 1. The molecule has 2 heterocycles. The van der Waals surface area contributed by atoms with E-state index in [1.54, 1.807) is 39.9 Å². The predicted octanol–water partition coefficient (Wildman–Crippen LogP) is 1.92. The molecule has 160 valence electrons. The monoisotopic (exact) mass is 413 g/mol. The molecule has 0 saturated heterocycles. The summed E-state index contributed by atoms with van der Waals surface area (Å²) in [6, 6.07) is 8.30. The average molecular weight is 413 g/mol. The first-order valence-electron chi connectivity index (χ1n) is 10.1. The van der Waals surface area contributed by atoms with Crippen molar-refractivity contribution in [3.63, 3.8) is 0 Å². The second-order valence-corrected chi connectivity index (χ2v) is 7.06. The van der Waals surface area contributed by atoms with E-state index in [9.17, 15) is 14.4 Å². The summed E-state index contributed by atoms with van der Waals surface area (Å²) in [5, 5.41) is 2.83. The van der Waals surface area contributed by atoms with Gasteiger partial charge in [0.05, 0.1) is 19.9 Å². The van der Waals surface area contributed by atoms with Crippen LogP contribution in [0.5, 0.6) is 11.5 Å². The Bertz CT molecular complexity index is 952. The van der Waals surface area contributed by atoms with Gasteiger partial charge in [-0.15, -0.1) is 0 Å². The molecule has 1 aromatic carbocycles. The van der Waals surface area contributed by atoms with Crippen molar-refractivity contribution in [2.24, 2.45) is 0 Å². The lowest BCUT2D eigenvalue weighted by molar-refractivity contribution is 0.0696. The van der Waals surface area contributed by atoms with Crippen molar-refractivity contribution in [3.05, 3.63) is 58.0 Å². The van der Waals surface area contributed by atoms with Crippen molar-refractivity contribution in [2.75, 3.05) is 33.4 Å². The Morgan fingerprint density at radius 2 is 1.93 bits per heavy atom. The maximum Gasteiger partial charge on any atom is 0.270 e. The van der Waals surface area contributed by atoms with Crippen LogP contribution in [0.1, 0.15) is 40.6 Å². The highest BCUT2D eigenvalue weighted by Crippen LogP contribution is 2.15. The molecule has 3 rings (SSSR count). The Morgan fingerprint density at radius 1 is 1.17 bits per heavy atom. The molecule has 0 saturated carbocycles. The number of rotatable bonds is 9. The van der Waals surface area contributed by atoms with Crippen LogP contribution in [0, 0.1) is 0 Å². The SMILES string of the molecule is CCCCOc1ccc(C(=O)NCCN2CCn3cc(OC)c(=O)cc3C2=O)cc1. The zero-order chi connectivity index (χ0) is 21.5. The number of carbonyl (C=O) groups excluding carboxylic acids is 2. The van der Waals surface area contributed by atoms with Gasteiger partial charge in [-0.25, -0.2) is 0 Å². The molecule has 0 aliphatic carbocycles. The third-order valence-electron chi connectivity index (χ3n) is 4.98. The van der Waals surface area contributed by atoms with Crippen LogP contribution in [0.15, 0.2) is 41.3 Å². The maximum absolute atomic E-state index is 12.7. The first-order valence-corrected chi connectivity index (χ1v) is 10.1. The van der Waals surface area contributed by atoms with Crippen molar-refractivity contribution in [3.8, 4) is 11.5 Å². The standard InChI is InChI=1S/C22H27N3O5/c1-3-4-13-30-17-7-5-16(6-8-17)21(27)23-9-10-24-11-12-25-15-20(29-2)19(26)14-18(25)22(24)28/h5-8,14-15H,3-4,9-13H2,1-2H3,(H,23,27). The number of carbonyl (C=O) groups is 2. The second-order valence-electron chi connectivity index (χ2n) is 7.06. The molecular formula is C22H27N3O5. The Hall–Kier alpha value is -3.29. The number of methoxy groups -OCH3 is 1. The number of fused-ring (bicyclic) bond motifs is 1. The lowest BCUT2D eigenvalue weighted by Crippen LogP contribution is -2.45. The molecule has 0 fully saturated rings. The van der Waals surface area contributed by atoms with E-state index in [1.165, 1.54) is 13.2 Å². The minimum Gasteiger partial charge on any atom is -0.494 e. The van der Waals surface area contributed by atoms with Gasteiger partial charge in [0.25, 0.3) is 11.8 Å². The first-order chi connectivity index (χ1) is 14.5. The Morgan fingerprint density at radius 3 is 2.63 bits per heavy atom. The van der Waals surface area contributed by atoms with Crippen LogP contribution in [0.3, 0.4) is 0 Å². The summed E-state index contributed by atoms with van der Waals surface area (Å²) in [6.45, 7) is 4.50. The highest BCUT2D eigenvalue weighted by Gasteiger charge is 2.25. The molecule has 8 heteroatoms. The van der Waals surface area contributed by atoms with Crippen LogP contribution in [0.4, 0.5) is 0 Å². The summed E-state index contributed by atoms with van der Waals surface area (Å²) in [5.41, 5.74) is 0.540. The molecule has 1 aliphatic heterocycles. The van der Waals surface area contributed by atoms with Crippen molar-refractivity contribution < 1.29 is 19.1 Å². The Kier molecular flexibility index (Phi) is 7.11. The average Bonchev–Trinajstić information content (AvgIpc) is 2.76. The fourth-order valence-corrected chi connectivity index (χ4v) is 3.22. The summed E-state index contributed by atoms with van der Waals surface area (Å²) in [4.78, 5) is 38.6. The molecule has 0 atom stereocenters. The normalized spacial score (nSPS) is 13.0. The van der Waals surface area contributed by atoms with E-state index in [2.05, 4.69) is 12.2 Å². The summed E-state index contributed by atoms with van der Waals surface area (Å²) in [6.07, 6.45) is 3.62. The fourth-order valence-electron chi connectivity index (χ4n) is 3.22. The molecule has 30 heavy (non-hydrogen) atoms. The van der Waals surface area contributed by atoms with Gasteiger partial charge in [0.15, 0.2) is 5.75 Å². The maximum atomic E-state index is 12.7. The summed E-state index contributed by atoms with van der Waals surface area (Å²) in [7, 11) is 1.43. The van der Waals surface area contributed by atoms with E-state index in [-0.39, 0.29) is 23.0 Å². The molecule has 8 nitrogen and oxygen atoms in total. The molecule has 2 amide bonds. The number of unbranched alkanes of at least 4 members (excludes halogenated alkanes) is 1. The smallest absolute Gasteiger partial charge is 0.270 e. The number of nitrogens with one attached hydrogen (secondary N) is 1. The van der Waals surface area contributed by atoms with Crippen LogP contribution in [-0.2, 0) is 6.54 Å². The van der Waals surface area contributed by atoms with Gasteiger partial charge in [0.1, 0.15) is 11.4 Å². The molecule has 0 unspecified atom stereocenters. The number of amides is 2. The Balaban J connectivity index is 1.51. The second kappa shape index (κ2) is 9.96. The van der Waals surface area contributed by atoms with E-state index in [0.717, 1.165) is 18.6 Å². The van der Waals surface area contributed by atoms with E-state index in [4.69, 9.17) is 9.47 Å². The van der Waals surface area contributed by atoms with Gasteiger partial charge >= 0.3 is 0 Å². The molecule has 1 aromatic heterocycles. The van der Waals surface area contributed by atoms with Crippen LogP contribution in [-0.4, -0.2) is 54.6 Å². The number of ether oxygens (including phenoxy) is 2. The van der Waals surface area contributed by atoms with Crippen LogP contribution in [0.25, 0.3) is 0 Å². The lowest BCUT2D eigenvalue weighted by atomic mass is 10.2. The molecule has 0 bridgehead atoms. The number of benzene rings is 1. The highest BCUT2D eigenvalue weighted by molar-refractivity contribution is 5.95. The largest absolute Gasteiger partial charge is 0.494 e. The van der Waals surface area contributed by atoms with Crippen molar-refractivity contribution in [1.82, 2.24) is 14.8 Å². The topological polar surface area (TPSA) is 89.9 Å². The fraction of sp³-hybridized carbons (Fsp3) is 0.409. The predicted molar refractivity (Wildman–Crippen MR) is 112 cm³/mol. The minimum absolute atomic E-state index is 0.207. The van der Waals surface area contributed by atoms with Crippen LogP contribution >= 0.6 is 0 Å². The number of aromatic nitrogens is 1. The summed E-state index contributed by atoms with van der Waals surface area (Å²) >= 11 is 0.